The van der Waals surface area contributed by atoms with E-state index in [9.17, 15) is 4.79 Å². The lowest BCUT2D eigenvalue weighted by molar-refractivity contribution is 0.00744. The van der Waals surface area contributed by atoms with Crippen LogP contribution in [0.25, 0.3) is 0 Å². The number of aryl methyl sites for hydroxylation is 1. The monoisotopic (exact) mass is 247 g/mol. The van der Waals surface area contributed by atoms with E-state index >= 15 is 0 Å². The zero-order chi connectivity index (χ0) is 12.8. The summed E-state index contributed by atoms with van der Waals surface area (Å²) in [7, 11) is 0. The Balaban J connectivity index is 2.09. The molecule has 0 aromatic carbocycles. The first-order valence-electron chi connectivity index (χ1n) is 6.94. The third kappa shape index (κ3) is 1.72. The van der Waals surface area contributed by atoms with Crippen LogP contribution >= 0.6 is 0 Å². The van der Waals surface area contributed by atoms with Crippen LogP contribution in [0, 0.1) is 6.92 Å². The van der Waals surface area contributed by atoms with Gasteiger partial charge in [-0.05, 0) is 45.6 Å². The molecule has 0 N–H and O–H groups in total. The van der Waals surface area contributed by atoms with E-state index in [1.807, 2.05) is 0 Å². The van der Waals surface area contributed by atoms with Crippen molar-refractivity contribution in [1.29, 1.82) is 0 Å². The normalized spacial score (nSPS) is 28.2. The van der Waals surface area contributed by atoms with Crippen LogP contribution in [0.4, 0.5) is 0 Å². The van der Waals surface area contributed by atoms with Crippen molar-refractivity contribution < 1.29 is 9.53 Å². The Morgan fingerprint density at radius 3 is 2.89 bits per heavy atom. The highest BCUT2D eigenvalue weighted by Gasteiger charge is 2.35. The largest absolute Gasteiger partial charge is 0.379 e. The Labute approximate surface area is 108 Å². The van der Waals surface area contributed by atoms with E-state index < -0.39 is 0 Å². The number of carbonyl (C=O) groups excluding carboxylic acids is 1. The van der Waals surface area contributed by atoms with Crippen LogP contribution in [-0.2, 0) is 16.7 Å². The Bertz CT molecular complexity index is 481. The smallest absolute Gasteiger partial charge is 0.164 e. The molecule has 2 aliphatic rings. The summed E-state index contributed by atoms with van der Waals surface area (Å²) in [5, 5.41) is 0. The summed E-state index contributed by atoms with van der Waals surface area (Å²) in [6.45, 7) is 6.02. The summed E-state index contributed by atoms with van der Waals surface area (Å²) in [5.74, 6) is 0.318. The van der Waals surface area contributed by atoms with Crippen molar-refractivity contribution in [2.45, 2.75) is 51.5 Å². The summed E-state index contributed by atoms with van der Waals surface area (Å²) in [6, 6.07) is 2.08. The van der Waals surface area contributed by atoms with E-state index in [0.717, 1.165) is 44.5 Å². The van der Waals surface area contributed by atoms with E-state index in [2.05, 4.69) is 24.5 Å². The number of carbonyl (C=O) groups is 1. The predicted octanol–water partition coefficient (Wildman–Crippen LogP) is 2.84. The van der Waals surface area contributed by atoms with Crippen LogP contribution < -0.4 is 0 Å². The second-order valence-corrected chi connectivity index (χ2v) is 5.91. The van der Waals surface area contributed by atoms with Gasteiger partial charge in [0, 0.05) is 30.0 Å². The molecule has 1 atom stereocenters. The Morgan fingerprint density at radius 1 is 1.33 bits per heavy atom. The van der Waals surface area contributed by atoms with Gasteiger partial charge in [-0.2, -0.15) is 0 Å². The molecule has 1 saturated heterocycles. The van der Waals surface area contributed by atoms with E-state index in [4.69, 9.17) is 4.74 Å². The fraction of sp³-hybridized carbons (Fsp3) is 0.667. The first-order valence-corrected chi connectivity index (χ1v) is 6.94. The van der Waals surface area contributed by atoms with Gasteiger partial charge < -0.3 is 9.30 Å². The van der Waals surface area contributed by atoms with Crippen LogP contribution in [0.2, 0.25) is 0 Å². The van der Waals surface area contributed by atoms with Crippen molar-refractivity contribution in [2.75, 3.05) is 13.2 Å². The second kappa shape index (κ2) is 4.23. The van der Waals surface area contributed by atoms with Gasteiger partial charge >= 0.3 is 0 Å². The molecular formula is C15H21NO2. The van der Waals surface area contributed by atoms with Crippen LogP contribution in [0.1, 0.15) is 54.4 Å². The molecule has 1 aromatic rings. The van der Waals surface area contributed by atoms with Gasteiger partial charge in [-0.3, -0.25) is 4.79 Å². The van der Waals surface area contributed by atoms with Gasteiger partial charge in [0.15, 0.2) is 5.78 Å². The minimum atomic E-state index is 0.0353. The first kappa shape index (κ1) is 12.0. The number of ketones is 1. The number of Topliss-reactive ketones (excluding diaryl/α,β-unsaturated/α-hetero) is 1. The van der Waals surface area contributed by atoms with Crippen LogP contribution in [0.5, 0.6) is 0 Å². The van der Waals surface area contributed by atoms with Crippen molar-refractivity contribution in [2.24, 2.45) is 0 Å². The molecule has 1 aliphatic carbocycles. The van der Waals surface area contributed by atoms with Crippen molar-refractivity contribution in [3.63, 3.8) is 0 Å². The summed E-state index contributed by atoms with van der Waals surface area (Å²) in [5.41, 5.74) is 3.46. The van der Waals surface area contributed by atoms with Gasteiger partial charge in [0.2, 0.25) is 0 Å². The lowest BCUT2D eigenvalue weighted by atomic mass is 9.91. The average molecular weight is 247 g/mol. The van der Waals surface area contributed by atoms with Gasteiger partial charge in [-0.25, -0.2) is 0 Å². The number of hydrogen-bond acceptors (Lipinski definition) is 2. The Hall–Kier alpha value is -1.09. The van der Waals surface area contributed by atoms with Crippen LogP contribution in [-0.4, -0.2) is 23.6 Å². The summed E-state index contributed by atoms with van der Waals surface area (Å²) >= 11 is 0. The quantitative estimate of drug-likeness (QED) is 0.764. The molecule has 1 aromatic heterocycles. The van der Waals surface area contributed by atoms with E-state index in [1.54, 1.807) is 0 Å². The molecule has 1 unspecified atom stereocenters. The Kier molecular flexibility index (Phi) is 2.81. The minimum Gasteiger partial charge on any atom is -0.379 e. The summed E-state index contributed by atoms with van der Waals surface area (Å²) in [4.78, 5) is 12.0. The lowest BCUT2D eigenvalue weighted by Crippen LogP contribution is -2.41. The van der Waals surface area contributed by atoms with Gasteiger partial charge in [-0.1, -0.05) is 0 Å². The maximum absolute atomic E-state index is 12.0. The number of hydrogen-bond donors (Lipinski definition) is 0. The van der Waals surface area contributed by atoms with Gasteiger partial charge in [0.1, 0.15) is 0 Å². The van der Waals surface area contributed by atoms with E-state index in [1.165, 1.54) is 11.4 Å². The highest BCUT2D eigenvalue weighted by atomic mass is 16.5. The van der Waals surface area contributed by atoms with Gasteiger partial charge in [0.25, 0.3) is 0 Å². The van der Waals surface area contributed by atoms with Crippen molar-refractivity contribution >= 4 is 5.78 Å². The number of aromatic nitrogens is 1. The number of nitrogens with zero attached hydrogens (tertiary/aromatic N) is 1. The fourth-order valence-corrected chi connectivity index (χ4v) is 3.58. The molecular weight excluding hydrogens is 226 g/mol. The molecule has 3 nitrogen and oxygen atoms in total. The van der Waals surface area contributed by atoms with Gasteiger partial charge in [0.05, 0.1) is 12.1 Å². The molecule has 2 heterocycles. The maximum atomic E-state index is 12.0. The predicted molar refractivity (Wildman–Crippen MR) is 70.1 cm³/mol. The standard InChI is InChI=1S/C15H21NO2/c1-11-9-12-13(5-3-6-14(12)17)16(11)15(2)7-4-8-18-10-15/h9H,3-8,10H2,1-2H3. The number of ether oxygens (including phenoxy) is 1. The van der Waals surface area contributed by atoms with Crippen LogP contribution in [0.15, 0.2) is 6.07 Å². The molecule has 0 bridgehead atoms. The number of rotatable bonds is 1. The molecule has 18 heavy (non-hydrogen) atoms. The topological polar surface area (TPSA) is 31.2 Å². The second-order valence-electron chi connectivity index (χ2n) is 5.91. The van der Waals surface area contributed by atoms with E-state index in [0.29, 0.717) is 12.2 Å². The zero-order valence-corrected chi connectivity index (χ0v) is 11.3. The zero-order valence-electron chi connectivity index (χ0n) is 11.3. The molecule has 98 valence electrons. The Morgan fingerprint density at radius 2 is 2.17 bits per heavy atom. The van der Waals surface area contributed by atoms with Crippen molar-refractivity contribution in [3.05, 3.63) is 23.0 Å². The highest BCUT2D eigenvalue weighted by Crippen LogP contribution is 2.35. The van der Waals surface area contributed by atoms with Crippen molar-refractivity contribution in [3.8, 4) is 0 Å². The average Bonchev–Trinajstić information content (AvgIpc) is 2.68. The third-order valence-electron chi connectivity index (χ3n) is 4.36. The molecule has 0 saturated carbocycles. The molecule has 3 heteroatoms. The molecule has 0 amide bonds. The van der Waals surface area contributed by atoms with Crippen LogP contribution in [0.3, 0.4) is 0 Å². The maximum Gasteiger partial charge on any atom is 0.164 e. The van der Waals surface area contributed by atoms with E-state index in [-0.39, 0.29) is 5.54 Å². The SMILES string of the molecule is Cc1cc2c(n1C1(C)CCCOC1)CCCC2=O. The first-order chi connectivity index (χ1) is 8.62. The van der Waals surface area contributed by atoms with Crippen molar-refractivity contribution in [1.82, 2.24) is 4.57 Å². The molecule has 0 spiro atoms. The fourth-order valence-electron chi connectivity index (χ4n) is 3.58. The lowest BCUT2D eigenvalue weighted by Gasteiger charge is -2.38. The van der Waals surface area contributed by atoms with Gasteiger partial charge in [-0.15, -0.1) is 0 Å². The molecule has 3 rings (SSSR count). The third-order valence-corrected chi connectivity index (χ3v) is 4.36. The molecule has 0 radical (unpaired) electrons. The highest BCUT2D eigenvalue weighted by molar-refractivity contribution is 5.98. The summed E-state index contributed by atoms with van der Waals surface area (Å²) in [6.07, 6.45) is 4.99. The molecule has 1 fully saturated rings. The molecule has 1 aliphatic heterocycles. The minimum absolute atomic E-state index is 0.0353. The summed E-state index contributed by atoms with van der Waals surface area (Å²) < 4.78 is 8.06. The number of fused-ring (bicyclic) bond motifs is 1.